The Balaban J connectivity index is 1.75. The highest BCUT2D eigenvalue weighted by Crippen LogP contribution is 2.30. The first-order valence-corrected chi connectivity index (χ1v) is 14.1. The van der Waals surface area contributed by atoms with Crippen LogP contribution >= 0.6 is 0 Å². The number of sulfonamides is 1. The van der Waals surface area contributed by atoms with Crippen LogP contribution in [0.15, 0.2) is 95.9 Å². The molecule has 4 rings (SSSR count). The number of aryl methyl sites for hydroxylation is 4. The van der Waals surface area contributed by atoms with Gasteiger partial charge < -0.3 is 5.32 Å². The number of para-hydroxylation sites is 1. The molecule has 6 heteroatoms. The Hall–Kier alpha value is -3.90. The van der Waals surface area contributed by atoms with E-state index >= 15 is 0 Å². The van der Waals surface area contributed by atoms with Crippen LogP contribution in [0.4, 0.5) is 5.69 Å². The van der Waals surface area contributed by atoms with Crippen LogP contribution in [0.25, 0.3) is 0 Å². The average Bonchev–Trinajstić information content (AvgIpc) is 2.90. The fourth-order valence-electron chi connectivity index (χ4n) is 4.57. The van der Waals surface area contributed by atoms with Crippen LogP contribution in [-0.2, 0) is 16.6 Å². The van der Waals surface area contributed by atoms with E-state index in [0.717, 1.165) is 27.8 Å². The van der Waals surface area contributed by atoms with Gasteiger partial charge in [-0.3, -0.25) is 9.10 Å². The van der Waals surface area contributed by atoms with Crippen molar-refractivity contribution in [2.75, 3.05) is 4.31 Å². The molecule has 0 saturated carbocycles. The predicted octanol–water partition coefficient (Wildman–Crippen LogP) is 6.81. The molecule has 1 amide bonds. The first kappa shape index (κ1) is 27.1. The van der Waals surface area contributed by atoms with E-state index < -0.39 is 10.0 Å². The van der Waals surface area contributed by atoms with Crippen molar-refractivity contribution in [3.8, 4) is 0 Å². The van der Waals surface area contributed by atoms with E-state index in [1.165, 1.54) is 9.87 Å². The summed E-state index contributed by atoms with van der Waals surface area (Å²) in [6.07, 6.45) is 0. The molecule has 1 atom stereocenters. The Morgan fingerprint density at radius 1 is 0.789 bits per heavy atom. The lowest BCUT2D eigenvalue weighted by Gasteiger charge is -2.27. The van der Waals surface area contributed by atoms with Gasteiger partial charge in [0, 0.05) is 0 Å². The van der Waals surface area contributed by atoms with E-state index in [4.69, 9.17) is 0 Å². The minimum absolute atomic E-state index is 0.0904. The molecule has 0 aliphatic carbocycles. The van der Waals surface area contributed by atoms with Gasteiger partial charge in [-0.2, -0.15) is 0 Å². The monoisotopic (exact) mass is 526 g/mol. The Bertz CT molecular complexity index is 1550. The summed E-state index contributed by atoms with van der Waals surface area (Å²) in [6.45, 7) is 10.1. The van der Waals surface area contributed by atoms with Crippen molar-refractivity contribution in [1.82, 2.24) is 5.32 Å². The number of rotatable bonds is 8. The van der Waals surface area contributed by atoms with Crippen molar-refractivity contribution < 1.29 is 13.2 Å². The molecule has 0 radical (unpaired) electrons. The molecule has 0 saturated heterocycles. The van der Waals surface area contributed by atoms with E-state index in [1.54, 1.807) is 48.5 Å². The Labute approximate surface area is 226 Å². The fraction of sp³-hybridized carbons (Fsp3) is 0.219. The summed E-state index contributed by atoms with van der Waals surface area (Å²) < 4.78 is 29.3. The molecule has 0 bridgehead atoms. The minimum atomic E-state index is -3.97. The van der Waals surface area contributed by atoms with Gasteiger partial charge >= 0.3 is 0 Å². The van der Waals surface area contributed by atoms with Crippen molar-refractivity contribution in [2.24, 2.45) is 0 Å². The van der Waals surface area contributed by atoms with Crippen molar-refractivity contribution in [2.45, 2.75) is 52.1 Å². The number of carbonyl (C=O) groups excluding carboxylic acids is 1. The van der Waals surface area contributed by atoms with Gasteiger partial charge in [-0.05, 0) is 86.7 Å². The molecule has 0 aliphatic rings. The second-order valence-corrected chi connectivity index (χ2v) is 11.7. The highest BCUT2D eigenvalue weighted by Gasteiger charge is 2.29. The molecular formula is C32H34N2O3S. The fourth-order valence-corrected chi connectivity index (χ4v) is 6.04. The van der Waals surface area contributed by atoms with Crippen molar-refractivity contribution in [3.63, 3.8) is 0 Å². The van der Waals surface area contributed by atoms with Crippen LogP contribution in [0.1, 0.15) is 56.7 Å². The summed E-state index contributed by atoms with van der Waals surface area (Å²) in [7, 11) is -3.97. The number of anilines is 1. The molecule has 196 valence electrons. The largest absolute Gasteiger partial charge is 0.345 e. The SMILES string of the molecule is Cc1ccc(S(=O)(=O)N(Cc2ccccc2)c2ccccc2C(=O)N[C@@H](C)c2cc(C)c(C)cc2C)cc1. The second kappa shape index (κ2) is 11.2. The lowest BCUT2D eigenvalue weighted by atomic mass is 9.96. The van der Waals surface area contributed by atoms with Gasteiger partial charge in [0.1, 0.15) is 0 Å². The summed E-state index contributed by atoms with van der Waals surface area (Å²) >= 11 is 0. The highest BCUT2D eigenvalue weighted by molar-refractivity contribution is 7.92. The Morgan fingerprint density at radius 3 is 2.08 bits per heavy atom. The molecule has 0 heterocycles. The van der Waals surface area contributed by atoms with Crippen LogP contribution < -0.4 is 9.62 Å². The third-order valence-corrected chi connectivity index (χ3v) is 8.67. The van der Waals surface area contributed by atoms with Gasteiger partial charge in [-0.15, -0.1) is 0 Å². The lowest BCUT2D eigenvalue weighted by Crippen LogP contribution is -2.34. The average molecular weight is 527 g/mol. The maximum absolute atomic E-state index is 14.0. The van der Waals surface area contributed by atoms with E-state index in [2.05, 4.69) is 31.3 Å². The van der Waals surface area contributed by atoms with Gasteiger partial charge in [-0.25, -0.2) is 8.42 Å². The topological polar surface area (TPSA) is 66.5 Å². The summed E-state index contributed by atoms with van der Waals surface area (Å²) in [4.78, 5) is 13.8. The van der Waals surface area contributed by atoms with Crippen LogP contribution in [-0.4, -0.2) is 14.3 Å². The molecule has 0 spiro atoms. The molecular weight excluding hydrogens is 492 g/mol. The number of hydrogen-bond donors (Lipinski definition) is 1. The zero-order valence-electron chi connectivity index (χ0n) is 22.5. The first-order chi connectivity index (χ1) is 18.1. The number of nitrogens with one attached hydrogen (secondary N) is 1. The number of benzene rings is 4. The molecule has 0 aromatic heterocycles. The Morgan fingerprint density at radius 2 is 1.39 bits per heavy atom. The summed E-state index contributed by atoms with van der Waals surface area (Å²) in [5.74, 6) is -0.331. The van der Waals surface area contributed by atoms with Gasteiger partial charge in [0.25, 0.3) is 15.9 Å². The molecule has 1 N–H and O–H groups in total. The maximum Gasteiger partial charge on any atom is 0.264 e. The Kier molecular flexibility index (Phi) is 8.02. The third kappa shape index (κ3) is 5.81. The van der Waals surface area contributed by atoms with Gasteiger partial charge in [0.15, 0.2) is 0 Å². The van der Waals surface area contributed by atoms with Crippen molar-refractivity contribution in [1.29, 1.82) is 0 Å². The number of nitrogens with zero attached hydrogens (tertiary/aromatic N) is 1. The zero-order valence-corrected chi connectivity index (χ0v) is 23.3. The first-order valence-electron chi connectivity index (χ1n) is 12.7. The van der Waals surface area contributed by atoms with E-state index in [1.807, 2.05) is 51.1 Å². The van der Waals surface area contributed by atoms with Crippen LogP contribution in [0.3, 0.4) is 0 Å². The molecule has 0 unspecified atom stereocenters. The van der Waals surface area contributed by atoms with E-state index in [9.17, 15) is 13.2 Å². The molecule has 0 fully saturated rings. The van der Waals surface area contributed by atoms with Crippen LogP contribution in [0, 0.1) is 27.7 Å². The van der Waals surface area contributed by atoms with Crippen LogP contribution in [0.2, 0.25) is 0 Å². The zero-order chi connectivity index (χ0) is 27.4. The van der Waals surface area contributed by atoms with E-state index in [0.29, 0.717) is 11.3 Å². The summed E-state index contributed by atoms with van der Waals surface area (Å²) in [5.41, 5.74) is 6.91. The standard InChI is InChI=1S/C32H34N2O3S/c1-22-15-17-28(18-16-22)38(36,37)34(21-27-11-7-6-8-12-27)31-14-10-9-13-29(31)32(35)33-26(5)30-20-24(3)23(2)19-25(30)4/h6-20,26H,21H2,1-5H3,(H,33,35)/t26-/m0/s1. The summed E-state index contributed by atoms with van der Waals surface area (Å²) in [6, 6.07) is 27.0. The van der Waals surface area contributed by atoms with Crippen molar-refractivity contribution >= 4 is 21.6 Å². The quantitative estimate of drug-likeness (QED) is 0.274. The van der Waals surface area contributed by atoms with E-state index in [-0.39, 0.29) is 23.4 Å². The summed E-state index contributed by atoms with van der Waals surface area (Å²) in [5, 5.41) is 3.10. The smallest absolute Gasteiger partial charge is 0.264 e. The van der Waals surface area contributed by atoms with Gasteiger partial charge in [-0.1, -0.05) is 72.3 Å². The molecule has 4 aromatic rings. The van der Waals surface area contributed by atoms with Gasteiger partial charge in [0.05, 0.1) is 28.7 Å². The molecule has 38 heavy (non-hydrogen) atoms. The second-order valence-electron chi connectivity index (χ2n) is 9.82. The maximum atomic E-state index is 14.0. The predicted molar refractivity (Wildman–Crippen MR) is 154 cm³/mol. The third-order valence-electron chi connectivity index (χ3n) is 6.89. The normalized spacial score (nSPS) is 12.1. The number of hydrogen-bond acceptors (Lipinski definition) is 3. The minimum Gasteiger partial charge on any atom is -0.345 e. The van der Waals surface area contributed by atoms with Crippen LogP contribution in [0.5, 0.6) is 0 Å². The van der Waals surface area contributed by atoms with Crippen molar-refractivity contribution in [3.05, 3.63) is 130 Å². The lowest BCUT2D eigenvalue weighted by molar-refractivity contribution is 0.0940. The number of carbonyl (C=O) groups is 1. The highest BCUT2D eigenvalue weighted by atomic mass is 32.2. The number of amides is 1. The molecule has 0 aliphatic heterocycles. The van der Waals surface area contributed by atoms with Gasteiger partial charge in [0.2, 0.25) is 0 Å². The molecule has 4 aromatic carbocycles. The molecule has 5 nitrogen and oxygen atoms in total.